The van der Waals surface area contributed by atoms with Gasteiger partial charge < -0.3 is 4.90 Å². The summed E-state index contributed by atoms with van der Waals surface area (Å²) in [6, 6.07) is 5.57. The molecule has 1 fully saturated rings. The minimum Gasteiger partial charge on any atom is -0.324 e. The molecule has 0 aliphatic carbocycles. The molecule has 4 heteroatoms. The quantitative estimate of drug-likeness (QED) is 0.626. The molecule has 1 atom stereocenters. The average molecular weight is 195 g/mol. The highest BCUT2D eigenvalue weighted by molar-refractivity contribution is 5.39. The molecule has 1 saturated heterocycles. The van der Waals surface area contributed by atoms with Crippen molar-refractivity contribution in [3.63, 3.8) is 0 Å². The van der Waals surface area contributed by atoms with Crippen molar-refractivity contribution in [2.75, 3.05) is 31.6 Å². The maximum atomic E-state index is 13.6. The Bertz CT molecular complexity index is 291. The van der Waals surface area contributed by atoms with Crippen molar-refractivity contribution in [3.8, 4) is 0 Å². The molecule has 0 bridgehead atoms. The number of halogens is 1. The van der Waals surface area contributed by atoms with Crippen molar-refractivity contribution in [3.05, 3.63) is 24.4 Å². The summed E-state index contributed by atoms with van der Waals surface area (Å²) in [6.07, 6.45) is 0.754. The molecule has 0 saturated carbocycles. The Kier molecular flexibility index (Phi) is 2.63. The maximum Gasteiger partial charge on any atom is 0.186 e. The minimum atomic E-state index is -0.941. The lowest BCUT2D eigenvalue weighted by atomic mass is 10.3. The van der Waals surface area contributed by atoms with E-state index in [1.807, 2.05) is 30.1 Å². The highest BCUT2D eigenvalue weighted by Gasteiger charge is 2.25. The predicted octanol–water partition coefficient (Wildman–Crippen LogP) is 1.13. The largest absolute Gasteiger partial charge is 0.324 e. The fourth-order valence-electron chi connectivity index (χ4n) is 1.65. The van der Waals surface area contributed by atoms with Crippen molar-refractivity contribution in [2.24, 2.45) is 0 Å². The van der Waals surface area contributed by atoms with Crippen LogP contribution in [-0.2, 0) is 0 Å². The van der Waals surface area contributed by atoms with E-state index < -0.39 is 6.30 Å². The van der Waals surface area contributed by atoms with Crippen LogP contribution in [-0.4, -0.2) is 42.9 Å². The van der Waals surface area contributed by atoms with E-state index in [9.17, 15) is 4.39 Å². The molecule has 0 aromatic carbocycles. The summed E-state index contributed by atoms with van der Waals surface area (Å²) >= 11 is 0. The first-order valence-corrected chi connectivity index (χ1v) is 4.77. The van der Waals surface area contributed by atoms with Crippen LogP contribution in [0, 0.1) is 0 Å². The summed E-state index contributed by atoms with van der Waals surface area (Å²) in [6.45, 7) is 2.04. The molecule has 0 amide bonds. The number of hydrogen-bond donors (Lipinski definition) is 0. The van der Waals surface area contributed by atoms with Gasteiger partial charge in [-0.3, -0.25) is 4.90 Å². The number of aromatic nitrogens is 1. The molecule has 0 radical (unpaired) electrons. The highest BCUT2D eigenvalue weighted by Crippen LogP contribution is 2.17. The van der Waals surface area contributed by atoms with E-state index in [4.69, 9.17) is 0 Å². The second-order valence-electron chi connectivity index (χ2n) is 3.58. The Balaban J connectivity index is 2.12. The van der Waals surface area contributed by atoms with Gasteiger partial charge in [0.25, 0.3) is 0 Å². The van der Waals surface area contributed by atoms with E-state index in [1.165, 1.54) is 0 Å². The molecule has 1 aromatic rings. The molecular formula is C10H14FN3. The standard InChI is InChI=1S/C10H14FN3/c1-13-6-7-14(9(11)8-13)10-4-2-3-5-12-10/h2-5,9H,6-8H2,1H3. The smallest absolute Gasteiger partial charge is 0.186 e. The van der Waals surface area contributed by atoms with Crippen LogP contribution in [0.3, 0.4) is 0 Å². The second-order valence-corrected chi connectivity index (χ2v) is 3.58. The normalized spacial score (nSPS) is 23.9. The third kappa shape index (κ3) is 1.85. The molecule has 76 valence electrons. The molecule has 1 aliphatic heterocycles. The molecule has 0 spiro atoms. The number of likely N-dealkylation sites (N-methyl/N-ethyl adjacent to an activating group) is 1. The number of hydrogen-bond acceptors (Lipinski definition) is 3. The molecule has 2 rings (SSSR count). The van der Waals surface area contributed by atoms with Gasteiger partial charge in [0.15, 0.2) is 6.30 Å². The molecule has 2 heterocycles. The van der Waals surface area contributed by atoms with Gasteiger partial charge in [-0.05, 0) is 19.2 Å². The third-order valence-corrected chi connectivity index (χ3v) is 2.47. The van der Waals surface area contributed by atoms with Crippen molar-refractivity contribution >= 4 is 5.82 Å². The fraction of sp³-hybridized carbons (Fsp3) is 0.500. The number of piperazine rings is 1. The monoisotopic (exact) mass is 195 g/mol. The molecular weight excluding hydrogens is 181 g/mol. The topological polar surface area (TPSA) is 19.4 Å². The van der Waals surface area contributed by atoms with E-state index in [0.29, 0.717) is 13.1 Å². The Morgan fingerprint density at radius 2 is 2.29 bits per heavy atom. The first-order valence-electron chi connectivity index (χ1n) is 4.77. The van der Waals surface area contributed by atoms with Gasteiger partial charge in [0.05, 0.1) is 0 Å². The summed E-state index contributed by atoms with van der Waals surface area (Å²) in [5, 5.41) is 0. The van der Waals surface area contributed by atoms with Gasteiger partial charge in [0, 0.05) is 25.8 Å². The Labute approximate surface area is 83.2 Å². The van der Waals surface area contributed by atoms with Crippen molar-refractivity contribution < 1.29 is 4.39 Å². The third-order valence-electron chi connectivity index (χ3n) is 2.47. The predicted molar refractivity (Wildman–Crippen MR) is 54.0 cm³/mol. The lowest BCUT2D eigenvalue weighted by Gasteiger charge is -2.36. The lowest BCUT2D eigenvalue weighted by molar-refractivity contribution is 0.177. The molecule has 14 heavy (non-hydrogen) atoms. The first-order chi connectivity index (χ1) is 6.77. The molecule has 1 aliphatic rings. The highest BCUT2D eigenvalue weighted by atomic mass is 19.1. The number of nitrogens with zero attached hydrogens (tertiary/aromatic N) is 3. The number of pyridine rings is 1. The fourth-order valence-corrected chi connectivity index (χ4v) is 1.65. The summed E-state index contributed by atoms with van der Waals surface area (Å²) in [7, 11) is 1.93. The van der Waals surface area contributed by atoms with E-state index in [2.05, 4.69) is 4.98 Å². The van der Waals surface area contributed by atoms with Crippen molar-refractivity contribution in [1.29, 1.82) is 0 Å². The molecule has 3 nitrogen and oxygen atoms in total. The van der Waals surface area contributed by atoms with Crippen LogP contribution in [0.15, 0.2) is 24.4 Å². The van der Waals surface area contributed by atoms with Crippen LogP contribution in [0.5, 0.6) is 0 Å². The number of rotatable bonds is 1. The van der Waals surface area contributed by atoms with Gasteiger partial charge in [-0.25, -0.2) is 9.37 Å². The molecule has 0 N–H and O–H groups in total. The number of anilines is 1. The second kappa shape index (κ2) is 3.92. The molecule has 1 aromatic heterocycles. The van der Waals surface area contributed by atoms with Crippen LogP contribution >= 0.6 is 0 Å². The van der Waals surface area contributed by atoms with Gasteiger partial charge in [-0.15, -0.1) is 0 Å². The van der Waals surface area contributed by atoms with E-state index in [-0.39, 0.29) is 0 Å². The minimum absolute atomic E-state index is 0.455. The van der Waals surface area contributed by atoms with Crippen molar-refractivity contribution in [2.45, 2.75) is 6.30 Å². The van der Waals surface area contributed by atoms with Gasteiger partial charge in [0.2, 0.25) is 0 Å². The van der Waals surface area contributed by atoms with Crippen LogP contribution in [0.4, 0.5) is 10.2 Å². The van der Waals surface area contributed by atoms with Crippen molar-refractivity contribution in [1.82, 2.24) is 9.88 Å². The molecule has 1 unspecified atom stereocenters. The summed E-state index contributed by atoms with van der Waals surface area (Å²) in [4.78, 5) is 7.84. The first kappa shape index (κ1) is 9.40. The Hall–Kier alpha value is -1.16. The zero-order valence-electron chi connectivity index (χ0n) is 8.23. The van der Waals surface area contributed by atoms with Gasteiger partial charge >= 0.3 is 0 Å². The average Bonchev–Trinajstić information content (AvgIpc) is 2.19. The lowest BCUT2D eigenvalue weighted by Crippen LogP contribution is -2.50. The summed E-state index contributed by atoms with van der Waals surface area (Å²) in [5.41, 5.74) is 0. The maximum absolute atomic E-state index is 13.6. The Morgan fingerprint density at radius 3 is 2.93 bits per heavy atom. The van der Waals surface area contributed by atoms with Gasteiger partial charge in [0.1, 0.15) is 5.82 Å². The van der Waals surface area contributed by atoms with E-state index >= 15 is 0 Å². The SMILES string of the molecule is CN1CCN(c2ccccn2)C(F)C1. The van der Waals surface area contributed by atoms with Gasteiger partial charge in [-0.1, -0.05) is 6.07 Å². The zero-order valence-corrected chi connectivity index (χ0v) is 8.23. The number of alkyl halides is 1. The Morgan fingerprint density at radius 1 is 1.43 bits per heavy atom. The van der Waals surface area contributed by atoms with Crippen LogP contribution in [0.25, 0.3) is 0 Å². The summed E-state index contributed by atoms with van der Waals surface area (Å²) in [5.74, 6) is 0.730. The van der Waals surface area contributed by atoms with Gasteiger partial charge in [-0.2, -0.15) is 0 Å². The van der Waals surface area contributed by atoms with Crippen LogP contribution < -0.4 is 4.90 Å². The van der Waals surface area contributed by atoms with Crippen LogP contribution in [0.1, 0.15) is 0 Å². The zero-order chi connectivity index (χ0) is 9.97. The van der Waals surface area contributed by atoms with Crippen LogP contribution in [0.2, 0.25) is 0 Å². The summed E-state index contributed by atoms with van der Waals surface area (Å²) < 4.78 is 13.6. The van der Waals surface area contributed by atoms with E-state index in [1.54, 1.807) is 11.1 Å². The van der Waals surface area contributed by atoms with E-state index in [0.717, 1.165) is 12.4 Å².